The van der Waals surface area contributed by atoms with Crippen molar-refractivity contribution < 1.29 is 4.79 Å². The molecule has 4 N–H and O–H groups in total. The number of nitrogens with two attached hydrogens (primary N) is 1. The van der Waals surface area contributed by atoms with E-state index in [9.17, 15) is 4.79 Å². The van der Waals surface area contributed by atoms with E-state index in [1.54, 1.807) is 12.1 Å². The number of carbonyl (C=O) groups is 1. The lowest BCUT2D eigenvalue weighted by molar-refractivity contribution is 0.1000. The lowest BCUT2D eigenvalue weighted by Crippen LogP contribution is -2.37. The monoisotopic (exact) mass is 352 g/mol. The van der Waals surface area contributed by atoms with Crippen LogP contribution in [0, 0.1) is 6.92 Å². The normalized spacial score (nSPS) is 11.2. The molecule has 5 heteroatoms. The first-order chi connectivity index (χ1) is 12.6. The fourth-order valence-electron chi connectivity index (χ4n) is 2.44. The molecule has 1 amide bonds. The zero-order chi connectivity index (χ0) is 18.8. The minimum Gasteiger partial charge on any atom is -0.366 e. The largest absolute Gasteiger partial charge is 0.366 e. The molecule has 0 aliphatic heterocycles. The lowest BCUT2D eigenvalue weighted by Gasteiger charge is -2.13. The molecule has 0 spiro atoms. The Hall–Kier alpha value is -2.82. The summed E-state index contributed by atoms with van der Waals surface area (Å²) in [7, 11) is 0. The van der Waals surface area contributed by atoms with Crippen LogP contribution in [-0.4, -0.2) is 18.4 Å². The topological polar surface area (TPSA) is 79.5 Å². The average Bonchev–Trinajstić information content (AvgIpc) is 2.65. The molecule has 138 valence electrons. The van der Waals surface area contributed by atoms with Crippen molar-refractivity contribution in [2.75, 3.05) is 6.54 Å². The van der Waals surface area contributed by atoms with E-state index < -0.39 is 5.91 Å². The van der Waals surface area contributed by atoms with E-state index in [2.05, 4.69) is 53.7 Å². The van der Waals surface area contributed by atoms with Crippen molar-refractivity contribution in [1.82, 2.24) is 10.6 Å². The van der Waals surface area contributed by atoms with Gasteiger partial charge in [0, 0.05) is 18.7 Å². The summed E-state index contributed by atoms with van der Waals surface area (Å²) >= 11 is 0. The summed E-state index contributed by atoms with van der Waals surface area (Å²) < 4.78 is 0. The second-order valence-corrected chi connectivity index (χ2v) is 6.35. The minimum atomic E-state index is -0.422. The van der Waals surface area contributed by atoms with Crippen molar-refractivity contribution in [2.24, 2.45) is 10.7 Å². The van der Waals surface area contributed by atoms with Gasteiger partial charge in [-0.05, 0) is 36.6 Å². The quantitative estimate of drug-likeness (QED) is 0.388. The highest BCUT2D eigenvalue weighted by Gasteiger charge is 2.03. The summed E-state index contributed by atoms with van der Waals surface area (Å²) in [6.07, 6.45) is 2.21. The predicted octanol–water partition coefficient (Wildman–Crippen LogP) is 3.13. The van der Waals surface area contributed by atoms with Crippen LogP contribution in [0.2, 0.25) is 0 Å². The van der Waals surface area contributed by atoms with Gasteiger partial charge in [0.05, 0.1) is 6.54 Å². The van der Waals surface area contributed by atoms with Crippen LogP contribution in [0.3, 0.4) is 0 Å². The first-order valence-corrected chi connectivity index (χ1v) is 9.05. The Morgan fingerprint density at radius 3 is 2.54 bits per heavy atom. The number of aliphatic imine (C=N–C) groups is 1. The van der Waals surface area contributed by atoms with Crippen LogP contribution in [-0.2, 0) is 13.1 Å². The second kappa shape index (κ2) is 10.2. The Morgan fingerprint density at radius 1 is 1.08 bits per heavy atom. The zero-order valence-corrected chi connectivity index (χ0v) is 15.6. The van der Waals surface area contributed by atoms with Gasteiger partial charge >= 0.3 is 0 Å². The lowest BCUT2D eigenvalue weighted by atomic mass is 10.1. The van der Waals surface area contributed by atoms with Crippen molar-refractivity contribution >= 4 is 11.9 Å². The van der Waals surface area contributed by atoms with E-state index in [1.165, 1.54) is 11.1 Å². The summed E-state index contributed by atoms with van der Waals surface area (Å²) in [5.41, 5.74) is 9.25. The Bertz CT molecular complexity index is 738. The molecular weight excluding hydrogens is 324 g/mol. The van der Waals surface area contributed by atoms with Crippen LogP contribution in [0.25, 0.3) is 0 Å². The molecule has 0 saturated carbocycles. The van der Waals surface area contributed by atoms with Gasteiger partial charge in [-0.15, -0.1) is 0 Å². The maximum absolute atomic E-state index is 11.3. The van der Waals surface area contributed by atoms with Crippen LogP contribution in [0.15, 0.2) is 53.5 Å². The summed E-state index contributed by atoms with van der Waals surface area (Å²) in [5, 5.41) is 6.73. The molecule has 0 fully saturated rings. The van der Waals surface area contributed by atoms with Crippen LogP contribution < -0.4 is 16.4 Å². The Morgan fingerprint density at radius 2 is 1.85 bits per heavy atom. The van der Waals surface area contributed by atoms with Crippen molar-refractivity contribution in [2.45, 2.75) is 39.8 Å². The summed E-state index contributed by atoms with van der Waals surface area (Å²) in [6, 6.07) is 15.7. The Balaban J connectivity index is 2.02. The first kappa shape index (κ1) is 19.5. The number of guanidine groups is 1. The molecule has 0 unspecified atom stereocenters. The van der Waals surface area contributed by atoms with Gasteiger partial charge < -0.3 is 16.4 Å². The highest BCUT2D eigenvalue weighted by molar-refractivity contribution is 5.92. The van der Waals surface area contributed by atoms with Crippen molar-refractivity contribution in [3.63, 3.8) is 0 Å². The molecule has 0 aliphatic carbocycles. The molecule has 0 bridgehead atoms. The van der Waals surface area contributed by atoms with Crippen molar-refractivity contribution in [3.05, 3.63) is 70.8 Å². The minimum absolute atomic E-state index is 0.422. The highest BCUT2D eigenvalue weighted by atomic mass is 16.1. The average molecular weight is 352 g/mol. The van der Waals surface area contributed by atoms with Gasteiger partial charge in [0.2, 0.25) is 5.91 Å². The van der Waals surface area contributed by atoms with Gasteiger partial charge in [0.25, 0.3) is 0 Å². The predicted molar refractivity (Wildman–Crippen MR) is 107 cm³/mol. The molecule has 5 nitrogen and oxygen atoms in total. The molecule has 2 aromatic carbocycles. The molecular formula is C21H28N4O. The summed E-state index contributed by atoms with van der Waals surface area (Å²) in [6.45, 7) is 6.30. The van der Waals surface area contributed by atoms with E-state index in [0.29, 0.717) is 18.7 Å². The third kappa shape index (κ3) is 6.59. The number of nitrogens with one attached hydrogen (secondary N) is 2. The Kier molecular flexibility index (Phi) is 7.68. The number of primary amides is 1. The highest BCUT2D eigenvalue weighted by Crippen LogP contribution is 2.06. The van der Waals surface area contributed by atoms with Crippen LogP contribution >= 0.6 is 0 Å². The third-order valence-corrected chi connectivity index (χ3v) is 4.03. The smallest absolute Gasteiger partial charge is 0.248 e. The first-order valence-electron chi connectivity index (χ1n) is 9.05. The van der Waals surface area contributed by atoms with E-state index in [4.69, 9.17) is 5.73 Å². The van der Waals surface area contributed by atoms with Crippen LogP contribution in [0.5, 0.6) is 0 Å². The van der Waals surface area contributed by atoms with Gasteiger partial charge in [-0.25, -0.2) is 4.99 Å². The molecule has 26 heavy (non-hydrogen) atoms. The van der Waals surface area contributed by atoms with E-state index >= 15 is 0 Å². The zero-order valence-electron chi connectivity index (χ0n) is 15.6. The molecule has 0 saturated heterocycles. The van der Waals surface area contributed by atoms with E-state index in [0.717, 1.165) is 30.9 Å². The summed E-state index contributed by atoms with van der Waals surface area (Å²) in [4.78, 5) is 16.0. The van der Waals surface area contributed by atoms with Gasteiger partial charge in [0.1, 0.15) is 0 Å². The third-order valence-electron chi connectivity index (χ3n) is 4.03. The number of aryl methyl sites for hydroxylation is 1. The van der Waals surface area contributed by atoms with Crippen molar-refractivity contribution in [3.8, 4) is 0 Å². The molecule has 0 heterocycles. The van der Waals surface area contributed by atoms with Crippen molar-refractivity contribution in [1.29, 1.82) is 0 Å². The van der Waals surface area contributed by atoms with Gasteiger partial charge in [0.15, 0.2) is 5.96 Å². The SMILES string of the molecule is CCCCNC(=NCc1cccc(C(N)=O)c1)NCc1ccc(C)cc1. The Labute approximate surface area is 155 Å². The molecule has 2 rings (SSSR count). The molecule has 2 aromatic rings. The number of unbranched alkanes of at least 4 members (excludes halogenated alkanes) is 1. The van der Waals surface area contributed by atoms with Crippen LogP contribution in [0.1, 0.15) is 46.8 Å². The number of amides is 1. The molecule has 0 atom stereocenters. The number of nitrogens with zero attached hydrogens (tertiary/aromatic N) is 1. The van der Waals surface area contributed by atoms with Crippen LogP contribution in [0.4, 0.5) is 0 Å². The maximum atomic E-state index is 11.3. The van der Waals surface area contributed by atoms with Gasteiger partial charge in [-0.1, -0.05) is 55.3 Å². The van der Waals surface area contributed by atoms with E-state index in [1.807, 2.05) is 12.1 Å². The second-order valence-electron chi connectivity index (χ2n) is 6.35. The van der Waals surface area contributed by atoms with Gasteiger partial charge in [-0.3, -0.25) is 4.79 Å². The van der Waals surface area contributed by atoms with Gasteiger partial charge in [-0.2, -0.15) is 0 Å². The number of hydrogen-bond donors (Lipinski definition) is 3. The number of rotatable bonds is 8. The fraction of sp³-hybridized carbons (Fsp3) is 0.333. The molecule has 0 aliphatic rings. The summed E-state index contributed by atoms with van der Waals surface area (Å²) in [5.74, 6) is 0.345. The maximum Gasteiger partial charge on any atom is 0.248 e. The number of hydrogen-bond acceptors (Lipinski definition) is 2. The number of carbonyl (C=O) groups excluding carboxylic acids is 1. The fourth-order valence-corrected chi connectivity index (χ4v) is 2.44. The molecule has 0 aromatic heterocycles. The standard InChI is InChI=1S/C21H28N4O/c1-3-4-12-23-21(24-14-17-10-8-16(2)9-11-17)25-15-18-6-5-7-19(13-18)20(22)26/h5-11,13H,3-4,12,14-15H2,1-2H3,(H2,22,26)(H2,23,24,25). The molecule has 0 radical (unpaired) electrons. The number of benzene rings is 2. The van der Waals surface area contributed by atoms with E-state index in [-0.39, 0.29) is 0 Å².